The number of benzene rings is 1. The number of fused-ring (bicyclic) bond motifs is 1. The van der Waals surface area contributed by atoms with Crippen LogP contribution in [0.4, 0.5) is 0 Å². The molecule has 0 aromatic heterocycles. The Bertz CT molecular complexity index is 471. The highest BCUT2D eigenvalue weighted by Gasteiger charge is 2.39. The summed E-state index contributed by atoms with van der Waals surface area (Å²) in [6.45, 7) is 3.53. The van der Waals surface area contributed by atoms with E-state index >= 15 is 0 Å². The molecule has 3 heteroatoms. The van der Waals surface area contributed by atoms with E-state index in [0.717, 1.165) is 18.7 Å². The molecule has 1 aliphatic carbocycles. The van der Waals surface area contributed by atoms with Crippen molar-refractivity contribution >= 4 is 5.91 Å². The van der Waals surface area contributed by atoms with Crippen LogP contribution in [0.15, 0.2) is 30.3 Å². The fourth-order valence-corrected chi connectivity index (χ4v) is 3.74. The van der Waals surface area contributed by atoms with E-state index < -0.39 is 5.60 Å². The minimum absolute atomic E-state index is 0.0910. The van der Waals surface area contributed by atoms with Crippen LogP contribution in [0.1, 0.15) is 38.2 Å². The highest BCUT2D eigenvalue weighted by atomic mass is 16.3. The standard InChI is InChI=1S/C17H23NO2/c1-17(20,15-8-3-2-4-9-15)10-16(19)18-11-13-6-5-7-14(13)12-18/h2-4,8-9,13-14,20H,5-7,10-12H2,1H3. The fourth-order valence-electron chi connectivity index (χ4n) is 3.74. The van der Waals surface area contributed by atoms with Gasteiger partial charge in [0.05, 0.1) is 12.0 Å². The highest BCUT2D eigenvalue weighted by Crippen LogP contribution is 2.38. The van der Waals surface area contributed by atoms with Gasteiger partial charge in [-0.2, -0.15) is 0 Å². The summed E-state index contributed by atoms with van der Waals surface area (Å²) in [5.41, 5.74) is -0.261. The summed E-state index contributed by atoms with van der Waals surface area (Å²) in [7, 11) is 0. The first-order chi connectivity index (χ1) is 9.56. The molecule has 1 aromatic carbocycles. The summed E-state index contributed by atoms with van der Waals surface area (Å²) in [6, 6.07) is 9.48. The van der Waals surface area contributed by atoms with Gasteiger partial charge < -0.3 is 10.0 Å². The molecule has 1 amide bonds. The number of amides is 1. The lowest BCUT2D eigenvalue weighted by Gasteiger charge is -2.26. The zero-order chi connectivity index (χ0) is 14.2. The Hall–Kier alpha value is -1.35. The van der Waals surface area contributed by atoms with Gasteiger partial charge in [-0.15, -0.1) is 0 Å². The predicted octanol–water partition coefficient (Wildman–Crippen LogP) is 2.54. The minimum atomic E-state index is -1.07. The quantitative estimate of drug-likeness (QED) is 0.919. The molecule has 1 heterocycles. The highest BCUT2D eigenvalue weighted by molar-refractivity contribution is 5.77. The number of rotatable bonds is 3. The average Bonchev–Trinajstić information content (AvgIpc) is 3.00. The van der Waals surface area contributed by atoms with Crippen LogP contribution in [0, 0.1) is 11.8 Å². The Morgan fingerprint density at radius 1 is 1.25 bits per heavy atom. The van der Waals surface area contributed by atoms with Crippen LogP contribution in [0.5, 0.6) is 0 Å². The maximum absolute atomic E-state index is 12.4. The van der Waals surface area contributed by atoms with E-state index in [1.54, 1.807) is 6.92 Å². The Kier molecular flexibility index (Phi) is 3.55. The van der Waals surface area contributed by atoms with Crippen molar-refractivity contribution in [3.05, 3.63) is 35.9 Å². The second-order valence-corrected chi connectivity index (χ2v) is 6.57. The van der Waals surface area contributed by atoms with Crippen LogP contribution >= 0.6 is 0 Å². The summed E-state index contributed by atoms with van der Waals surface area (Å²) in [6.07, 6.45) is 4.03. The van der Waals surface area contributed by atoms with Crippen molar-refractivity contribution in [1.82, 2.24) is 4.90 Å². The zero-order valence-corrected chi connectivity index (χ0v) is 12.1. The lowest BCUT2D eigenvalue weighted by molar-refractivity contribution is -0.135. The van der Waals surface area contributed by atoms with Crippen LogP contribution < -0.4 is 0 Å². The molecular formula is C17H23NO2. The predicted molar refractivity (Wildman–Crippen MR) is 78.0 cm³/mol. The molecule has 3 unspecified atom stereocenters. The van der Waals surface area contributed by atoms with Gasteiger partial charge in [-0.1, -0.05) is 36.8 Å². The zero-order valence-electron chi connectivity index (χ0n) is 12.1. The molecular weight excluding hydrogens is 250 g/mol. The molecule has 2 fully saturated rings. The fraction of sp³-hybridized carbons (Fsp3) is 0.588. The molecule has 1 N–H and O–H groups in total. The summed E-state index contributed by atoms with van der Waals surface area (Å²) >= 11 is 0. The molecule has 1 aromatic rings. The normalized spacial score (nSPS) is 28.2. The summed E-state index contributed by atoms with van der Waals surface area (Å²) < 4.78 is 0. The van der Waals surface area contributed by atoms with Gasteiger partial charge in [-0.3, -0.25) is 4.79 Å². The van der Waals surface area contributed by atoms with E-state index in [1.165, 1.54) is 19.3 Å². The van der Waals surface area contributed by atoms with Gasteiger partial charge in [0.25, 0.3) is 0 Å². The van der Waals surface area contributed by atoms with E-state index in [2.05, 4.69) is 0 Å². The molecule has 108 valence electrons. The van der Waals surface area contributed by atoms with Gasteiger partial charge in [0.2, 0.25) is 5.91 Å². The van der Waals surface area contributed by atoms with Crippen LogP contribution in [-0.4, -0.2) is 29.0 Å². The number of carbonyl (C=O) groups is 1. The summed E-state index contributed by atoms with van der Waals surface area (Å²) in [4.78, 5) is 14.4. The summed E-state index contributed by atoms with van der Waals surface area (Å²) in [5.74, 6) is 1.51. The first kappa shape index (κ1) is 13.6. The van der Waals surface area contributed by atoms with E-state index in [1.807, 2.05) is 35.2 Å². The first-order valence-electron chi connectivity index (χ1n) is 7.62. The number of hydrogen-bond acceptors (Lipinski definition) is 2. The molecule has 0 radical (unpaired) electrons. The topological polar surface area (TPSA) is 40.5 Å². The van der Waals surface area contributed by atoms with Crippen molar-refractivity contribution in [2.24, 2.45) is 11.8 Å². The lowest BCUT2D eigenvalue weighted by atomic mass is 9.92. The maximum atomic E-state index is 12.4. The summed E-state index contributed by atoms with van der Waals surface area (Å²) in [5, 5.41) is 10.6. The van der Waals surface area contributed by atoms with Gasteiger partial charge in [-0.25, -0.2) is 0 Å². The van der Waals surface area contributed by atoms with E-state index in [-0.39, 0.29) is 12.3 Å². The molecule has 0 spiro atoms. The molecule has 3 rings (SSSR count). The molecule has 1 saturated carbocycles. The van der Waals surface area contributed by atoms with Crippen LogP contribution in [0.3, 0.4) is 0 Å². The lowest BCUT2D eigenvalue weighted by Crippen LogP contribution is -2.35. The van der Waals surface area contributed by atoms with Gasteiger partial charge in [0.1, 0.15) is 0 Å². The largest absolute Gasteiger partial charge is 0.385 e. The molecule has 2 aliphatic rings. The van der Waals surface area contributed by atoms with Crippen molar-refractivity contribution in [3.63, 3.8) is 0 Å². The van der Waals surface area contributed by atoms with Crippen molar-refractivity contribution in [2.75, 3.05) is 13.1 Å². The van der Waals surface area contributed by atoms with Crippen molar-refractivity contribution < 1.29 is 9.90 Å². The molecule has 1 saturated heterocycles. The number of carbonyl (C=O) groups excluding carboxylic acids is 1. The van der Waals surface area contributed by atoms with Crippen LogP contribution in [0.2, 0.25) is 0 Å². The number of nitrogens with zero attached hydrogens (tertiary/aromatic N) is 1. The second kappa shape index (κ2) is 5.21. The number of hydrogen-bond donors (Lipinski definition) is 1. The van der Waals surface area contributed by atoms with Crippen molar-refractivity contribution in [1.29, 1.82) is 0 Å². The van der Waals surface area contributed by atoms with Gasteiger partial charge in [-0.05, 0) is 37.2 Å². The van der Waals surface area contributed by atoms with Crippen molar-refractivity contribution in [3.8, 4) is 0 Å². The second-order valence-electron chi connectivity index (χ2n) is 6.57. The maximum Gasteiger partial charge on any atom is 0.225 e. The Labute approximate surface area is 120 Å². The average molecular weight is 273 g/mol. The van der Waals surface area contributed by atoms with E-state index in [0.29, 0.717) is 11.8 Å². The molecule has 1 aliphatic heterocycles. The SMILES string of the molecule is CC(O)(CC(=O)N1CC2CCCC2C1)c1ccccc1. The Balaban J connectivity index is 1.64. The van der Waals surface area contributed by atoms with E-state index in [4.69, 9.17) is 0 Å². The van der Waals surface area contributed by atoms with Gasteiger partial charge in [0.15, 0.2) is 0 Å². The monoisotopic (exact) mass is 273 g/mol. The third kappa shape index (κ3) is 2.59. The third-order valence-corrected chi connectivity index (χ3v) is 4.97. The molecule has 3 atom stereocenters. The molecule has 0 bridgehead atoms. The molecule has 3 nitrogen and oxygen atoms in total. The van der Waals surface area contributed by atoms with Crippen molar-refractivity contribution in [2.45, 2.75) is 38.2 Å². The van der Waals surface area contributed by atoms with Gasteiger partial charge >= 0.3 is 0 Å². The smallest absolute Gasteiger partial charge is 0.225 e. The number of aliphatic hydroxyl groups is 1. The Morgan fingerprint density at radius 2 is 1.85 bits per heavy atom. The van der Waals surface area contributed by atoms with E-state index in [9.17, 15) is 9.90 Å². The Morgan fingerprint density at radius 3 is 2.45 bits per heavy atom. The van der Waals surface area contributed by atoms with Crippen LogP contribution in [-0.2, 0) is 10.4 Å². The third-order valence-electron chi connectivity index (χ3n) is 4.97. The van der Waals surface area contributed by atoms with Gasteiger partial charge in [0, 0.05) is 13.1 Å². The van der Waals surface area contributed by atoms with Crippen LogP contribution in [0.25, 0.3) is 0 Å². The number of likely N-dealkylation sites (tertiary alicyclic amines) is 1. The first-order valence-corrected chi connectivity index (χ1v) is 7.62. The molecule has 20 heavy (non-hydrogen) atoms. The minimum Gasteiger partial charge on any atom is -0.385 e.